The topological polar surface area (TPSA) is 46.2 Å². The van der Waals surface area contributed by atoms with Crippen LogP contribution in [-0.2, 0) is 30.3 Å². The Balaban J connectivity index is 1.72. The summed E-state index contributed by atoms with van der Waals surface area (Å²) in [7, 11) is 0. The standard InChI is InChI=1S/C19H27BrO5/c1-13-15-16(25-19(2,3)24-15)17(18(23-13)21-11-7-10-20)22-12-14-8-5-4-6-9-14/h4-6,8-9,13,15-18H,7,10-12H2,1-3H3/t13-,15+,16+,17-,18-/m0/s1. The van der Waals surface area contributed by atoms with Crippen LogP contribution in [0.3, 0.4) is 0 Å². The van der Waals surface area contributed by atoms with E-state index in [9.17, 15) is 0 Å². The zero-order chi connectivity index (χ0) is 17.9. The van der Waals surface area contributed by atoms with Crippen LogP contribution in [0.2, 0.25) is 0 Å². The zero-order valence-corrected chi connectivity index (χ0v) is 16.6. The zero-order valence-electron chi connectivity index (χ0n) is 15.0. The maximum absolute atomic E-state index is 6.20. The van der Waals surface area contributed by atoms with Crippen molar-refractivity contribution in [2.75, 3.05) is 11.9 Å². The van der Waals surface area contributed by atoms with E-state index >= 15 is 0 Å². The second-order valence-corrected chi connectivity index (χ2v) is 7.74. The molecule has 25 heavy (non-hydrogen) atoms. The van der Waals surface area contributed by atoms with Crippen molar-refractivity contribution < 1.29 is 23.7 Å². The van der Waals surface area contributed by atoms with Gasteiger partial charge >= 0.3 is 0 Å². The number of rotatable bonds is 7. The summed E-state index contributed by atoms with van der Waals surface area (Å²) in [5.41, 5.74) is 1.11. The first-order chi connectivity index (χ1) is 12.0. The Bertz CT molecular complexity index is 538. The van der Waals surface area contributed by atoms with Gasteiger partial charge < -0.3 is 23.7 Å². The molecule has 1 aromatic carbocycles. The van der Waals surface area contributed by atoms with Crippen LogP contribution in [0.25, 0.3) is 0 Å². The highest BCUT2D eigenvalue weighted by Crippen LogP contribution is 2.39. The third-order valence-corrected chi connectivity index (χ3v) is 4.97. The first-order valence-electron chi connectivity index (χ1n) is 8.84. The third kappa shape index (κ3) is 4.81. The lowest BCUT2D eigenvalue weighted by Gasteiger charge is -2.40. The third-order valence-electron chi connectivity index (χ3n) is 4.41. The number of hydrogen-bond donors (Lipinski definition) is 0. The summed E-state index contributed by atoms with van der Waals surface area (Å²) in [4.78, 5) is 0. The fourth-order valence-electron chi connectivity index (χ4n) is 3.28. The number of benzene rings is 1. The van der Waals surface area contributed by atoms with E-state index in [0.717, 1.165) is 17.3 Å². The van der Waals surface area contributed by atoms with Crippen LogP contribution in [-0.4, -0.2) is 48.4 Å². The van der Waals surface area contributed by atoms with E-state index in [1.807, 2.05) is 51.1 Å². The molecule has 1 aromatic rings. The molecule has 0 aromatic heterocycles. The number of alkyl halides is 1. The van der Waals surface area contributed by atoms with Gasteiger partial charge in [-0.1, -0.05) is 46.3 Å². The fourth-order valence-corrected chi connectivity index (χ4v) is 3.51. The molecule has 2 heterocycles. The first-order valence-corrected chi connectivity index (χ1v) is 9.96. The molecular weight excluding hydrogens is 388 g/mol. The Morgan fingerprint density at radius 2 is 1.80 bits per heavy atom. The summed E-state index contributed by atoms with van der Waals surface area (Å²) in [6.07, 6.45) is -0.369. The van der Waals surface area contributed by atoms with Gasteiger partial charge in [-0.2, -0.15) is 0 Å². The highest BCUT2D eigenvalue weighted by atomic mass is 79.9. The average Bonchev–Trinajstić information content (AvgIpc) is 2.91. The summed E-state index contributed by atoms with van der Waals surface area (Å²) in [6.45, 7) is 6.93. The van der Waals surface area contributed by atoms with Gasteiger partial charge in [-0.25, -0.2) is 0 Å². The number of ether oxygens (including phenoxy) is 5. The second-order valence-electron chi connectivity index (χ2n) is 6.95. The summed E-state index contributed by atoms with van der Waals surface area (Å²) in [5, 5.41) is 0.892. The molecule has 0 N–H and O–H groups in total. The van der Waals surface area contributed by atoms with Gasteiger partial charge in [-0.15, -0.1) is 0 Å². The van der Waals surface area contributed by atoms with Crippen LogP contribution < -0.4 is 0 Å². The lowest BCUT2D eigenvalue weighted by Crippen LogP contribution is -2.57. The molecule has 0 saturated carbocycles. The monoisotopic (exact) mass is 414 g/mol. The largest absolute Gasteiger partial charge is 0.365 e. The van der Waals surface area contributed by atoms with E-state index in [1.54, 1.807) is 0 Å². The minimum Gasteiger partial charge on any atom is -0.365 e. The molecule has 0 spiro atoms. The predicted octanol–water partition coefficient (Wildman–Crippen LogP) is 3.64. The Kier molecular flexibility index (Phi) is 6.52. The Morgan fingerprint density at radius 3 is 2.52 bits per heavy atom. The summed E-state index contributed by atoms with van der Waals surface area (Å²) < 4.78 is 30.4. The minimum absolute atomic E-state index is 0.114. The summed E-state index contributed by atoms with van der Waals surface area (Å²) in [5.74, 6) is -0.647. The first kappa shape index (κ1) is 19.3. The van der Waals surface area contributed by atoms with E-state index in [0.29, 0.717) is 13.2 Å². The smallest absolute Gasteiger partial charge is 0.186 e. The number of hydrogen-bond acceptors (Lipinski definition) is 5. The molecule has 0 radical (unpaired) electrons. The predicted molar refractivity (Wildman–Crippen MR) is 97.5 cm³/mol. The lowest BCUT2D eigenvalue weighted by atomic mass is 9.99. The van der Waals surface area contributed by atoms with E-state index in [1.165, 1.54) is 0 Å². The molecule has 0 bridgehead atoms. The van der Waals surface area contributed by atoms with Crippen molar-refractivity contribution in [3.63, 3.8) is 0 Å². The molecule has 2 fully saturated rings. The average molecular weight is 415 g/mol. The van der Waals surface area contributed by atoms with Crippen LogP contribution in [0.1, 0.15) is 32.8 Å². The van der Waals surface area contributed by atoms with Crippen LogP contribution in [0.4, 0.5) is 0 Å². The van der Waals surface area contributed by atoms with E-state index in [-0.39, 0.29) is 24.4 Å². The van der Waals surface area contributed by atoms with Gasteiger partial charge in [0, 0.05) is 5.33 Å². The Hall–Kier alpha value is -0.500. The molecule has 0 amide bonds. The molecule has 3 rings (SSSR count). The molecule has 2 aliphatic rings. The van der Waals surface area contributed by atoms with Crippen molar-refractivity contribution in [1.82, 2.24) is 0 Å². The van der Waals surface area contributed by atoms with Crippen LogP contribution in [0.5, 0.6) is 0 Å². The molecule has 0 aliphatic carbocycles. The normalized spacial score (nSPS) is 34.0. The SMILES string of the molecule is C[C@@H]1O[C@H](OCCCBr)[C@@H](OCc2ccccc2)[C@@H]2OC(C)(C)O[C@@H]21. The van der Waals surface area contributed by atoms with Gasteiger partial charge in [-0.3, -0.25) is 0 Å². The van der Waals surface area contributed by atoms with E-state index < -0.39 is 12.1 Å². The quantitative estimate of drug-likeness (QED) is 0.503. The van der Waals surface area contributed by atoms with E-state index in [4.69, 9.17) is 23.7 Å². The van der Waals surface area contributed by atoms with Crippen molar-refractivity contribution in [1.29, 1.82) is 0 Å². The maximum Gasteiger partial charge on any atom is 0.186 e. The number of fused-ring (bicyclic) bond motifs is 1. The highest BCUT2D eigenvalue weighted by Gasteiger charge is 2.54. The molecule has 0 unspecified atom stereocenters. The van der Waals surface area contributed by atoms with Crippen LogP contribution in [0.15, 0.2) is 30.3 Å². The summed E-state index contributed by atoms with van der Waals surface area (Å²) in [6, 6.07) is 10.1. The molecule has 2 saturated heterocycles. The van der Waals surface area contributed by atoms with Crippen molar-refractivity contribution in [2.45, 2.75) is 70.3 Å². The van der Waals surface area contributed by atoms with Crippen molar-refractivity contribution >= 4 is 15.9 Å². The van der Waals surface area contributed by atoms with E-state index in [2.05, 4.69) is 15.9 Å². The van der Waals surface area contributed by atoms with Gasteiger partial charge in [-0.05, 0) is 32.8 Å². The second kappa shape index (κ2) is 8.46. The molecule has 6 heteroatoms. The molecule has 140 valence electrons. The van der Waals surface area contributed by atoms with Gasteiger partial charge in [0.15, 0.2) is 12.1 Å². The Labute approximate surface area is 158 Å². The van der Waals surface area contributed by atoms with Gasteiger partial charge in [0.1, 0.15) is 18.3 Å². The van der Waals surface area contributed by atoms with Gasteiger partial charge in [0.2, 0.25) is 0 Å². The molecule has 2 aliphatic heterocycles. The number of halogens is 1. The van der Waals surface area contributed by atoms with Crippen molar-refractivity contribution in [2.24, 2.45) is 0 Å². The fraction of sp³-hybridized carbons (Fsp3) is 0.684. The highest BCUT2D eigenvalue weighted by molar-refractivity contribution is 9.09. The summed E-state index contributed by atoms with van der Waals surface area (Å²) >= 11 is 3.43. The minimum atomic E-state index is -0.647. The lowest BCUT2D eigenvalue weighted by molar-refractivity contribution is -0.286. The van der Waals surface area contributed by atoms with Gasteiger partial charge in [0.05, 0.1) is 19.3 Å². The van der Waals surface area contributed by atoms with Gasteiger partial charge in [0.25, 0.3) is 0 Å². The maximum atomic E-state index is 6.20. The Morgan fingerprint density at radius 1 is 1.08 bits per heavy atom. The van der Waals surface area contributed by atoms with Crippen LogP contribution in [0, 0.1) is 0 Å². The van der Waals surface area contributed by atoms with Crippen molar-refractivity contribution in [3.8, 4) is 0 Å². The van der Waals surface area contributed by atoms with Crippen LogP contribution >= 0.6 is 15.9 Å². The van der Waals surface area contributed by atoms with Crippen molar-refractivity contribution in [3.05, 3.63) is 35.9 Å². The molecule has 5 nitrogen and oxygen atoms in total. The molecular formula is C19H27BrO5. The molecule has 5 atom stereocenters.